The molecule has 3 rings (SSSR count). The third-order valence-electron chi connectivity index (χ3n) is 4.86. The molecule has 0 bridgehead atoms. The first-order valence-electron chi connectivity index (χ1n) is 10.2. The minimum atomic E-state index is -0.563. The number of rotatable bonds is 10. The second kappa shape index (κ2) is 10.2. The number of aliphatic hydroxyl groups excluding tert-OH is 1. The lowest BCUT2D eigenvalue weighted by atomic mass is 10.1. The number of pyridine rings is 1. The fourth-order valence-corrected chi connectivity index (χ4v) is 3.24. The molecule has 1 aromatic heterocycles. The molecule has 9 nitrogen and oxygen atoms in total. The Morgan fingerprint density at radius 1 is 1.26 bits per heavy atom. The van der Waals surface area contributed by atoms with Crippen LogP contribution in [0.25, 0.3) is 0 Å². The van der Waals surface area contributed by atoms with E-state index in [1.807, 2.05) is 6.92 Å². The van der Waals surface area contributed by atoms with Crippen molar-refractivity contribution in [2.24, 2.45) is 0 Å². The van der Waals surface area contributed by atoms with Gasteiger partial charge in [0, 0.05) is 19.9 Å². The monoisotopic (exact) mass is 429 g/mol. The van der Waals surface area contributed by atoms with E-state index >= 15 is 0 Å². The molecular weight excluding hydrogens is 402 g/mol. The van der Waals surface area contributed by atoms with Crippen molar-refractivity contribution in [3.63, 3.8) is 0 Å². The molecule has 1 aromatic carbocycles. The van der Waals surface area contributed by atoms with Crippen molar-refractivity contribution in [3.05, 3.63) is 63.6 Å². The van der Waals surface area contributed by atoms with E-state index in [2.05, 4.69) is 10.6 Å². The van der Waals surface area contributed by atoms with E-state index in [0.29, 0.717) is 12.4 Å². The van der Waals surface area contributed by atoms with Crippen molar-refractivity contribution in [2.75, 3.05) is 26.9 Å². The fraction of sp³-hybridized carbons (Fsp3) is 0.409. The molecule has 166 valence electrons. The quantitative estimate of drug-likeness (QED) is 0.507. The van der Waals surface area contributed by atoms with Crippen LogP contribution >= 0.6 is 0 Å². The summed E-state index contributed by atoms with van der Waals surface area (Å²) in [6.45, 7) is 2.66. The molecule has 1 heterocycles. The fourth-order valence-electron chi connectivity index (χ4n) is 3.24. The zero-order chi connectivity index (χ0) is 22.4. The highest BCUT2D eigenvalue weighted by atomic mass is 16.5. The van der Waals surface area contributed by atoms with Crippen molar-refractivity contribution in [2.45, 2.75) is 32.0 Å². The maximum atomic E-state index is 12.9. The van der Waals surface area contributed by atoms with Crippen molar-refractivity contribution in [3.8, 4) is 5.75 Å². The van der Waals surface area contributed by atoms with E-state index in [9.17, 15) is 14.4 Å². The number of amides is 2. The zero-order valence-corrected chi connectivity index (χ0v) is 17.6. The molecule has 31 heavy (non-hydrogen) atoms. The number of hydrogen-bond acceptors (Lipinski definition) is 6. The Kier molecular flexibility index (Phi) is 7.43. The maximum Gasteiger partial charge on any atom is 0.263 e. The van der Waals surface area contributed by atoms with E-state index in [1.54, 1.807) is 24.3 Å². The molecule has 1 fully saturated rings. The average molecular weight is 429 g/mol. The number of ether oxygens (including phenoxy) is 2. The standard InChI is InChI=1S/C22H27N3O6/c1-3-30-19-11-18(19)24-20(27)15-10-17(21(28)23-2)22(29)25(13-15)12-14-5-4-6-16(9-14)31-8-7-26/h4-6,9-10,13,18-19,26H,3,7-8,11-12H2,1-2H3,(H,23,28)(H,24,27). The lowest BCUT2D eigenvalue weighted by Gasteiger charge is -2.13. The second-order valence-electron chi connectivity index (χ2n) is 7.18. The topological polar surface area (TPSA) is 119 Å². The Morgan fingerprint density at radius 2 is 2.06 bits per heavy atom. The predicted molar refractivity (Wildman–Crippen MR) is 114 cm³/mol. The maximum absolute atomic E-state index is 12.9. The van der Waals surface area contributed by atoms with E-state index < -0.39 is 11.5 Å². The molecule has 1 saturated carbocycles. The van der Waals surface area contributed by atoms with Crippen LogP contribution in [0, 0.1) is 0 Å². The van der Waals surface area contributed by atoms with Gasteiger partial charge in [0.15, 0.2) is 0 Å². The molecule has 2 amide bonds. The summed E-state index contributed by atoms with van der Waals surface area (Å²) in [6, 6.07) is 8.30. The number of aliphatic hydroxyl groups is 1. The van der Waals surface area contributed by atoms with E-state index in [-0.39, 0.29) is 48.9 Å². The van der Waals surface area contributed by atoms with Gasteiger partial charge < -0.3 is 29.8 Å². The number of carbonyl (C=O) groups is 2. The molecule has 0 aliphatic heterocycles. The molecule has 2 atom stereocenters. The largest absolute Gasteiger partial charge is 0.491 e. The number of hydrogen-bond donors (Lipinski definition) is 3. The number of benzene rings is 1. The summed E-state index contributed by atoms with van der Waals surface area (Å²) in [5.41, 5.74) is 0.348. The molecule has 9 heteroatoms. The van der Waals surface area contributed by atoms with E-state index in [1.165, 1.54) is 23.9 Å². The smallest absolute Gasteiger partial charge is 0.263 e. The van der Waals surface area contributed by atoms with Crippen molar-refractivity contribution in [1.82, 2.24) is 15.2 Å². The van der Waals surface area contributed by atoms with Gasteiger partial charge in [0.25, 0.3) is 17.4 Å². The Morgan fingerprint density at radius 3 is 2.77 bits per heavy atom. The SMILES string of the molecule is CCOC1CC1NC(=O)c1cc(C(=O)NC)c(=O)n(Cc2cccc(OCCO)c2)c1. The van der Waals surface area contributed by atoms with Gasteiger partial charge in [-0.25, -0.2) is 0 Å². The molecule has 0 saturated heterocycles. The van der Waals surface area contributed by atoms with Gasteiger partial charge in [-0.15, -0.1) is 0 Å². The van der Waals surface area contributed by atoms with Gasteiger partial charge in [-0.1, -0.05) is 12.1 Å². The van der Waals surface area contributed by atoms with Crippen LogP contribution in [0.3, 0.4) is 0 Å². The van der Waals surface area contributed by atoms with E-state index in [4.69, 9.17) is 14.6 Å². The highest BCUT2D eigenvalue weighted by Gasteiger charge is 2.39. The summed E-state index contributed by atoms with van der Waals surface area (Å²) in [5.74, 6) is -0.381. The van der Waals surface area contributed by atoms with Gasteiger partial charge in [0.1, 0.15) is 17.9 Å². The van der Waals surface area contributed by atoms with Gasteiger partial charge in [-0.05, 0) is 37.1 Å². The summed E-state index contributed by atoms with van der Waals surface area (Å²) < 4.78 is 12.2. The average Bonchev–Trinajstić information content (AvgIpc) is 3.50. The van der Waals surface area contributed by atoms with Crippen LogP contribution in [0.5, 0.6) is 5.75 Å². The Hall–Kier alpha value is -3.17. The lowest BCUT2D eigenvalue weighted by molar-refractivity contribution is 0.0914. The summed E-state index contributed by atoms with van der Waals surface area (Å²) >= 11 is 0. The van der Waals surface area contributed by atoms with Crippen molar-refractivity contribution in [1.29, 1.82) is 0 Å². The Bertz CT molecular complexity index is 1000. The van der Waals surface area contributed by atoms with Crippen LogP contribution in [0.2, 0.25) is 0 Å². The third-order valence-corrected chi connectivity index (χ3v) is 4.86. The minimum absolute atomic E-state index is 0.0000681. The third kappa shape index (κ3) is 5.71. The summed E-state index contributed by atoms with van der Waals surface area (Å²) in [4.78, 5) is 37.8. The van der Waals surface area contributed by atoms with Crippen LogP contribution in [0.15, 0.2) is 41.3 Å². The van der Waals surface area contributed by atoms with Crippen LogP contribution in [0.1, 0.15) is 39.6 Å². The number of aromatic nitrogens is 1. The molecule has 1 aliphatic carbocycles. The molecule has 3 N–H and O–H groups in total. The molecular formula is C22H27N3O6. The van der Waals surface area contributed by atoms with Crippen LogP contribution < -0.4 is 20.9 Å². The molecule has 1 aliphatic rings. The molecule has 2 aromatic rings. The van der Waals surface area contributed by atoms with Gasteiger partial charge in [0.05, 0.1) is 30.9 Å². The Balaban J connectivity index is 1.87. The first-order valence-corrected chi connectivity index (χ1v) is 10.2. The van der Waals surface area contributed by atoms with Gasteiger partial charge in [0.2, 0.25) is 0 Å². The predicted octanol–water partition coefficient (Wildman–Crippen LogP) is 0.535. The van der Waals surface area contributed by atoms with Crippen molar-refractivity contribution >= 4 is 11.8 Å². The minimum Gasteiger partial charge on any atom is -0.491 e. The molecule has 0 radical (unpaired) electrons. The normalized spacial score (nSPS) is 17.1. The number of carbonyl (C=O) groups excluding carboxylic acids is 2. The van der Waals surface area contributed by atoms with Crippen LogP contribution in [-0.4, -0.2) is 60.5 Å². The highest BCUT2D eigenvalue weighted by molar-refractivity contribution is 5.99. The summed E-state index contributed by atoms with van der Waals surface area (Å²) in [7, 11) is 1.43. The number of nitrogens with zero attached hydrogens (tertiary/aromatic N) is 1. The summed E-state index contributed by atoms with van der Waals surface area (Å²) in [5, 5.41) is 14.2. The van der Waals surface area contributed by atoms with Crippen LogP contribution in [-0.2, 0) is 11.3 Å². The number of nitrogens with one attached hydrogen (secondary N) is 2. The zero-order valence-electron chi connectivity index (χ0n) is 17.6. The van der Waals surface area contributed by atoms with Gasteiger partial charge in [-0.2, -0.15) is 0 Å². The first kappa shape index (κ1) is 22.5. The Labute approximate surface area is 180 Å². The van der Waals surface area contributed by atoms with E-state index in [0.717, 1.165) is 12.0 Å². The highest BCUT2D eigenvalue weighted by Crippen LogP contribution is 2.25. The molecule has 0 spiro atoms. The molecule has 2 unspecified atom stereocenters. The lowest BCUT2D eigenvalue weighted by Crippen LogP contribution is -2.35. The first-order chi connectivity index (χ1) is 15.0. The van der Waals surface area contributed by atoms with Gasteiger partial charge >= 0.3 is 0 Å². The van der Waals surface area contributed by atoms with Crippen molar-refractivity contribution < 1.29 is 24.2 Å². The van der Waals surface area contributed by atoms with Crippen LogP contribution in [0.4, 0.5) is 0 Å². The second-order valence-corrected chi connectivity index (χ2v) is 7.18. The summed E-state index contributed by atoms with van der Waals surface area (Å²) in [6.07, 6.45) is 2.19. The van der Waals surface area contributed by atoms with Gasteiger partial charge in [-0.3, -0.25) is 14.4 Å².